The fourth-order valence-electron chi connectivity index (χ4n) is 3.46. The van der Waals surface area contributed by atoms with Crippen molar-refractivity contribution in [1.29, 1.82) is 0 Å². The van der Waals surface area contributed by atoms with E-state index in [1.165, 1.54) is 12.1 Å². The lowest BCUT2D eigenvalue weighted by atomic mass is 10.1. The number of aromatic nitrogens is 1. The molecule has 1 N–H and O–H groups in total. The highest BCUT2D eigenvalue weighted by molar-refractivity contribution is 9.10. The second kappa shape index (κ2) is 8.63. The number of halogens is 2. The first-order chi connectivity index (χ1) is 14.5. The van der Waals surface area contributed by atoms with Gasteiger partial charge < -0.3 is 4.57 Å². The van der Waals surface area contributed by atoms with Crippen molar-refractivity contribution >= 4 is 39.0 Å². The second-order valence-electron chi connectivity index (χ2n) is 6.91. The van der Waals surface area contributed by atoms with E-state index in [1.807, 2.05) is 43.3 Å². The van der Waals surface area contributed by atoms with Gasteiger partial charge in [0.15, 0.2) is 0 Å². The lowest BCUT2D eigenvalue weighted by molar-refractivity contribution is 0.0954. The lowest BCUT2D eigenvalue weighted by Crippen LogP contribution is -2.18. The molecule has 0 aliphatic rings. The summed E-state index contributed by atoms with van der Waals surface area (Å²) in [7, 11) is 0. The first-order valence-electron chi connectivity index (χ1n) is 9.45. The van der Waals surface area contributed by atoms with E-state index in [4.69, 9.17) is 0 Å². The van der Waals surface area contributed by atoms with Crippen LogP contribution in [0.15, 0.2) is 82.4 Å². The quantitative estimate of drug-likeness (QED) is 0.301. The van der Waals surface area contributed by atoms with Crippen LogP contribution in [0.25, 0.3) is 10.9 Å². The van der Waals surface area contributed by atoms with Gasteiger partial charge in [0.25, 0.3) is 5.91 Å². The van der Waals surface area contributed by atoms with E-state index in [9.17, 15) is 9.18 Å². The average Bonchev–Trinajstić information content (AvgIpc) is 3.01. The zero-order chi connectivity index (χ0) is 21.1. The summed E-state index contributed by atoms with van der Waals surface area (Å²) in [6, 6.07) is 21.7. The van der Waals surface area contributed by atoms with Crippen LogP contribution in [0, 0.1) is 12.7 Å². The Morgan fingerprint density at radius 1 is 1.07 bits per heavy atom. The van der Waals surface area contributed by atoms with Crippen LogP contribution in [0.2, 0.25) is 0 Å². The second-order valence-corrected chi connectivity index (χ2v) is 7.76. The molecule has 4 aromatic rings. The Morgan fingerprint density at radius 3 is 2.53 bits per heavy atom. The Labute approximate surface area is 182 Å². The van der Waals surface area contributed by atoms with Gasteiger partial charge in [-0.25, -0.2) is 9.82 Å². The topological polar surface area (TPSA) is 46.4 Å². The molecule has 6 heteroatoms. The molecule has 0 atom stereocenters. The van der Waals surface area contributed by atoms with E-state index in [0.717, 1.165) is 27.7 Å². The highest BCUT2D eigenvalue weighted by Gasteiger charge is 2.13. The summed E-state index contributed by atoms with van der Waals surface area (Å²) >= 11 is 3.38. The van der Waals surface area contributed by atoms with E-state index in [1.54, 1.807) is 30.5 Å². The number of carbonyl (C=O) groups excluding carboxylic acids is 1. The first kappa shape index (κ1) is 20.0. The summed E-state index contributed by atoms with van der Waals surface area (Å²) in [4.78, 5) is 12.4. The van der Waals surface area contributed by atoms with Crippen molar-refractivity contribution in [2.24, 2.45) is 5.10 Å². The maximum absolute atomic E-state index is 13.3. The number of para-hydroxylation sites is 1. The van der Waals surface area contributed by atoms with Gasteiger partial charge in [0.05, 0.1) is 11.8 Å². The third-order valence-corrected chi connectivity index (χ3v) is 5.70. The van der Waals surface area contributed by atoms with E-state index in [0.29, 0.717) is 16.6 Å². The molecule has 0 fully saturated rings. The van der Waals surface area contributed by atoms with Crippen LogP contribution < -0.4 is 5.43 Å². The zero-order valence-corrected chi connectivity index (χ0v) is 17.9. The van der Waals surface area contributed by atoms with E-state index in [-0.39, 0.29) is 11.7 Å². The minimum absolute atomic E-state index is 0.249. The number of fused-ring (bicyclic) bond motifs is 1. The van der Waals surface area contributed by atoms with Gasteiger partial charge in [-0.2, -0.15) is 5.10 Å². The molecule has 0 aliphatic carbocycles. The van der Waals surface area contributed by atoms with Crippen LogP contribution >= 0.6 is 15.9 Å². The van der Waals surface area contributed by atoms with Gasteiger partial charge >= 0.3 is 0 Å². The number of carbonyl (C=O) groups is 1. The standard InChI is InChI=1S/C24H19BrFN3O/c1-16-21(14-27-28-24(30)20-7-2-4-8-22(20)25)19-6-3-5-9-23(19)29(16)15-17-10-12-18(26)13-11-17/h2-14H,15H2,1H3,(H,28,30)/b27-14+. The molecule has 1 aromatic heterocycles. The summed E-state index contributed by atoms with van der Waals surface area (Å²) in [5.74, 6) is -0.534. The molecule has 1 heterocycles. The lowest BCUT2D eigenvalue weighted by Gasteiger charge is -2.08. The molecule has 0 unspecified atom stereocenters. The summed E-state index contributed by atoms with van der Waals surface area (Å²) in [6.45, 7) is 2.63. The van der Waals surface area contributed by atoms with Crippen LogP contribution in [-0.4, -0.2) is 16.7 Å². The van der Waals surface area contributed by atoms with E-state index in [2.05, 4.69) is 31.0 Å². The van der Waals surface area contributed by atoms with Gasteiger partial charge in [-0.1, -0.05) is 42.5 Å². The molecule has 150 valence electrons. The number of hydrogen-bond acceptors (Lipinski definition) is 2. The Hall–Kier alpha value is -3.25. The molecule has 0 spiro atoms. The predicted molar refractivity (Wildman–Crippen MR) is 121 cm³/mol. The molecule has 0 bridgehead atoms. The molecule has 0 saturated heterocycles. The van der Waals surface area contributed by atoms with Crippen LogP contribution in [0.1, 0.15) is 27.2 Å². The number of hydrazone groups is 1. The fraction of sp³-hybridized carbons (Fsp3) is 0.0833. The number of benzene rings is 3. The molecule has 4 rings (SSSR count). The maximum Gasteiger partial charge on any atom is 0.272 e. The van der Waals surface area contributed by atoms with Gasteiger partial charge in [-0.15, -0.1) is 0 Å². The van der Waals surface area contributed by atoms with Crippen molar-refractivity contribution in [1.82, 2.24) is 9.99 Å². The van der Waals surface area contributed by atoms with Crippen molar-refractivity contribution in [3.05, 3.63) is 105 Å². The fourth-order valence-corrected chi connectivity index (χ4v) is 3.92. The van der Waals surface area contributed by atoms with Crippen molar-refractivity contribution in [3.63, 3.8) is 0 Å². The number of amides is 1. The van der Waals surface area contributed by atoms with Crippen molar-refractivity contribution in [3.8, 4) is 0 Å². The molecule has 4 nitrogen and oxygen atoms in total. The number of nitrogens with one attached hydrogen (secondary N) is 1. The summed E-state index contributed by atoms with van der Waals surface area (Å²) in [5, 5.41) is 5.23. The SMILES string of the molecule is Cc1c(/C=N/NC(=O)c2ccccc2Br)c2ccccc2n1Cc1ccc(F)cc1. The van der Waals surface area contributed by atoms with Crippen LogP contribution in [0.4, 0.5) is 4.39 Å². The average molecular weight is 464 g/mol. The smallest absolute Gasteiger partial charge is 0.272 e. The molecule has 0 aliphatic heterocycles. The van der Waals surface area contributed by atoms with Gasteiger partial charge in [-0.3, -0.25) is 4.79 Å². The van der Waals surface area contributed by atoms with Crippen LogP contribution in [0.5, 0.6) is 0 Å². The monoisotopic (exact) mass is 463 g/mol. The maximum atomic E-state index is 13.3. The van der Waals surface area contributed by atoms with Crippen molar-refractivity contribution < 1.29 is 9.18 Å². The molecule has 1 amide bonds. The molecular weight excluding hydrogens is 445 g/mol. The van der Waals surface area contributed by atoms with Gasteiger partial charge in [-0.05, 0) is 58.7 Å². The summed E-state index contributed by atoms with van der Waals surface area (Å²) in [6.07, 6.45) is 1.67. The number of nitrogens with zero attached hydrogens (tertiary/aromatic N) is 2. The van der Waals surface area contributed by atoms with Crippen molar-refractivity contribution in [2.75, 3.05) is 0 Å². The van der Waals surface area contributed by atoms with E-state index < -0.39 is 0 Å². The Bertz CT molecular complexity index is 1250. The summed E-state index contributed by atoms with van der Waals surface area (Å²) < 4.78 is 16.1. The Morgan fingerprint density at radius 2 is 1.77 bits per heavy atom. The minimum Gasteiger partial charge on any atom is -0.340 e. The molecule has 0 radical (unpaired) electrons. The normalized spacial score (nSPS) is 11.3. The van der Waals surface area contributed by atoms with Crippen molar-refractivity contribution in [2.45, 2.75) is 13.5 Å². The number of rotatable bonds is 5. The number of hydrogen-bond donors (Lipinski definition) is 1. The summed E-state index contributed by atoms with van der Waals surface area (Å²) in [5.41, 5.74) is 7.12. The van der Waals surface area contributed by atoms with Crippen LogP contribution in [0.3, 0.4) is 0 Å². The van der Waals surface area contributed by atoms with Gasteiger partial charge in [0, 0.05) is 33.2 Å². The molecule has 0 saturated carbocycles. The third-order valence-electron chi connectivity index (χ3n) is 5.01. The minimum atomic E-state index is -0.286. The molecular formula is C24H19BrFN3O. The largest absolute Gasteiger partial charge is 0.340 e. The van der Waals surface area contributed by atoms with Gasteiger partial charge in [0.2, 0.25) is 0 Å². The molecule has 3 aromatic carbocycles. The highest BCUT2D eigenvalue weighted by atomic mass is 79.9. The predicted octanol–water partition coefficient (Wildman–Crippen LogP) is 5.66. The Kier molecular flexibility index (Phi) is 5.77. The third kappa shape index (κ3) is 4.04. The Balaban J connectivity index is 1.63. The highest BCUT2D eigenvalue weighted by Crippen LogP contribution is 2.25. The van der Waals surface area contributed by atoms with E-state index >= 15 is 0 Å². The first-order valence-corrected chi connectivity index (χ1v) is 10.2. The van der Waals surface area contributed by atoms with Crippen LogP contribution in [-0.2, 0) is 6.54 Å². The zero-order valence-electron chi connectivity index (χ0n) is 16.3. The molecule has 30 heavy (non-hydrogen) atoms. The van der Waals surface area contributed by atoms with Gasteiger partial charge in [0.1, 0.15) is 5.82 Å².